The van der Waals surface area contributed by atoms with Crippen LogP contribution in [0.1, 0.15) is 18.4 Å². The van der Waals surface area contributed by atoms with Crippen molar-refractivity contribution in [1.29, 1.82) is 0 Å². The standard InChI is InChI=1S/C12H14FNO2/c1-14-12(16)7-6-11(15)8-9-2-4-10(13)5-3-9/h2-5H,6-8H2,1H3,(H,14,16). The zero-order valence-corrected chi connectivity index (χ0v) is 9.13. The number of amides is 1. The van der Waals surface area contributed by atoms with Gasteiger partial charge in [-0.3, -0.25) is 9.59 Å². The van der Waals surface area contributed by atoms with E-state index in [9.17, 15) is 14.0 Å². The first-order valence-electron chi connectivity index (χ1n) is 5.08. The lowest BCUT2D eigenvalue weighted by Crippen LogP contribution is -2.18. The number of hydrogen-bond acceptors (Lipinski definition) is 2. The molecule has 0 heterocycles. The van der Waals surface area contributed by atoms with Crippen molar-refractivity contribution < 1.29 is 14.0 Å². The molecule has 0 aromatic heterocycles. The highest BCUT2D eigenvalue weighted by atomic mass is 19.1. The van der Waals surface area contributed by atoms with Crippen molar-refractivity contribution in [2.24, 2.45) is 0 Å². The van der Waals surface area contributed by atoms with Gasteiger partial charge in [-0.2, -0.15) is 0 Å². The molecule has 1 rings (SSSR count). The molecule has 0 aliphatic heterocycles. The van der Waals surface area contributed by atoms with Crippen LogP contribution in [-0.4, -0.2) is 18.7 Å². The quantitative estimate of drug-likeness (QED) is 0.821. The summed E-state index contributed by atoms with van der Waals surface area (Å²) in [6.45, 7) is 0. The minimum atomic E-state index is -0.318. The van der Waals surface area contributed by atoms with Gasteiger partial charge in [0.25, 0.3) is 0 Å². The molecule has 0 saturated carbocycles. The molecule has 0 unspecified atom stereocenters. The summed E-state index contributed by atoms with van der Waals surface area (Å²) in [6, 6.07) is 5.79. The summed E-state index contributed by atoms with van der Waals surface area (Å²) < 4.78 is 12.6. The normalized spacial score (nSPS) is 9.88. The van der Waals surface area contributed by atoms with Crippen molar-refractivity contribution in [3.05, 3.63) is 35.6 Å². The highest BCUT2D eigenvalue weighted by molar-refractivity contribution is 5.86. The molecule has 0 saturated heterocycles. The maximum absolute atomic E-state index is 12.6. The number of ketones is 1. The van der Waals surface area contributed by atoms with Crippen LogP contribution in [0.15, 0.2) is 24.3 Å². The third kappa shape index (κ3) is 4.21. The van der Waals surface area contributed by atoms with E-state index < -0.39 is 0 Å². The van der Waals surface area contributed by atoms with Crippen LogP contribution in [0.2, 0.25) is 0 Å². The van der Waals surface area contributed by atoms with E-state index in [1.165, 1.54) is 19.2 Å². The second kappa shape index (κ2) is 6.00. The van der Waals surface area contributed by atoms with Crippen LogP contribution >= 0.6 is 0 Å². The van der Waals surface area contributed by atoms with Gasteiger partial charge in [-0.25, -0.2) is 4.39 Å². The van der Waals surface area contributed by atoms with Crippen molar-refractivity contribution in [3.63, 3.8) is 0 Å². The van der Waals surface area contributed by atoms with Gasteiger partial charge in [-0.05, 0) is 17.7 Å². The molecule has 0 aliphatic carbocycles. The van der Waals surface area contributed by atoms with E-state index in [0.29, 0.717) is 0 Å². The van der Waals surface area contributed by atoms with Crippen molar-refractivity contribution >= 4 is 11.7 Å². The topological polar surface area (TPSA) is 46.2 Å². The lowest BCUT2D eigenvalue weighted by molar-refractivity contribution is -0.124. The van der Waals surface area contributed by atoms with E-state index in [4.69, 9.17) is 0 Å². The second-order valence-electron chi connectivity index (χ2n) is 3.52. The number of rotatable bonds is 5. The molecule has 0 atom stereocenters. The molecule has 1 aromatic carbocycles. The minimum Gasteiger partial charge on any atom is -0.359 e. The lowest BCUT2D eigenvalue weighted by atomic mass is 10.1. The lowest BCUT2D eigenvalue weighted by Gasteiger charge is -2.01. The molecular weight excluding hydrogens is 209 g/mol. The number of halogens is 1. The van der Waals surface area contributed by atoms with Gasteiger partial charge in [-0.15, -0.1) is 0 Å². The van der Waals surface area contributed by atoms with Crippen molar-refractivity contribution in [2.75, 3.05) is 7.05 Å². The molecule has 0 spiro atoms. The van der Waals surface area contributed by atoms with Gasteiger partial charge in [0.05, 0.1) is 0 Å². The SMILES string of the molecule is CNC(=O)CCC(=O)Cc1ccc(F)cc1. The molecule has 0 radical (unpaired) electrons. The predicted molar refractivity (Wildman–Crippen MR) is 58.4 cm³/mol. The monoisotopic (exact) mass is 223 g/mol. The van der Waals surface area contributed by atoms with Crippen LogP contribution in [0.3, 0.4) is 0 Å². The Bertz CT molecular complexity index is 373. The number of Topliss-reactive ketones (excluding diaryl/α,β-unsaturated/α-hetero) is 1. The van der Waals surface area contributed by atoms with Crippen molar-refractivity contribution in [2.45, 2.75) is 19.3 Å². The Morgan fingerprint density at radius 3 is 2.38 bits per heavy atom. The molecule has 3 nitrogen and oxygen atoms in total. The Morgan fingerprint density at radius 1 is 1.19 bits per heavy atom. The van der Waals surface area contributed by atoms with Gasteiger partial charge in [0.15, 0.2) is 0 Å². The Morgan fingerprint density at radius 2 is 1.81 bits per heavy atom. The summed E-state index contributed by atoms with van der Waals surface area (Å²) in [7, 11) is 1.53. The maximum Gasteiger partial charge on any atom is 0.220 e. The van der Waals surface area contributed by atoms with E-state index in [1.807, 2.05) is 0 Å². The average Bonchev–Trinajstić information content (AvgIpc) is 2.29. The Kier molecular flexibility index (Phi) is 4.64. The van der Waals surface area contributed by atoms with E-state index in [1.54, 1.807) is 12.1 Å². The predicted octanol–water partition coefficient (Wildman–Crippen LogP) is 1.46. The zero-order chi connectivity index (χ0) is 12.0. The summed E-state index contributed by atoms with van der Waals surface area (Å²) in [4.78, 5) is 22.3. The zero-order valence-electron chi connectivity index (χ0n) is 9.13. The fourth-order valence-electron chi connectivity index (χ4n) is 1.30. The third-order valence-electron chi connectivity index (χ3n) is 2.22. The number of benzene rings is 1. The third-order valence-corrected chi connectivity index (χ3v) is 2.22. The molecule has 4 heteroatoms. The van der Waals surface area contributed by atoms with Crippen LogP contribution in [0.25, 0.3) is 0 Å². The Hall–Kier alpha value is -1.71. The summed E-state index contributed by atoms with van der Waals surface area (Å²) in [5.41, 5.74) is 0.767. The summed E-state index contributed by atoms with van der Waals surface area (Å²) in [6.07, 6.45) is 0.671. The van der Waals surface area contributed by atoms with E-state index in [-0.39, 0.29) is 36.8 Å². The molecule has 0 bridgehead atoms. The van der Waals surface area contributed by atoms with Crippen LogP contribution in [0.4, 0.5) is 4.39 Å². The average molecular weight is 223 g/mol. The highest BCUT2D eigenvalue weighted by Crippen LogP contribution is 2.05. The molecule has 0 aliphatic rings. The van der Waals surface area contributed by atoms with Crippen molar-refractivity contribution in [3.8, 4) is 0 Å². The van der Waals surface area contributed by atoms with Crippen LogP contribution in [0, 0.1) is 5.82 Å². The molecule has 1 N–H and O–H groups in total. The molecule has 1 aromatic rings. The summed E-state index contributed by atoms with van der Waals surface area (Å²) in [5, 5.41) is 2.45. The number of carbonyl (C=O) groups excluding carboxylic acids is 2. The Labute approximate surface area is 93.7 Å². The Balaban J connectivity index is 2.40. The highest BCUT2D eigenvalue weighted by Gasteiger charge is 2.06. The van der Waals surface area contributed by atoms with Gasteiger partial charge in [0.2, 0.25) is 5.91 Å². The van der Waals surface area contributed by atoms with E-state index >= 15 is 0 Å². The van der Waals surface area contributed by atoms with Gasteiger partial charge < -0.3 is 5.32 Å². The van der Waals surface area contributed by atoms with E-state index in [2.05, 4.69) is 5.32 Å². The van der Waals surface area contributed by atoms with Gasteiger partial charge >= 0.3 is 0 Å². The molecule has 0 fully saturated rings. The summed E-state index contributed by atoms with van der Waals surface area (Å²) in [5.74, 6) is -0.482. The number of hydrogen-bond donors (Lipinski definition) is 1. The van der Waals surface area contributed by atoms with E-state index in [0.717, 1.165) is 5.56 Å². The maximum atomic E-state index is 12.6. The largest absolute Gasteiger partial charge is 0.359 e. The number of nitrogens with one attached hydrogen (secondary N) is 1. The first-order chi connectivity index (χ1) is 7.61. The fourth-order valence-corrected chi connectivity index (χ4v) is 1.30. The second-order valence-corrected chi connectivity index (χ2v) is 3.52. The molecule has 1 amide bonds. The minimum absolute atomic E-state index is 0.0183. The first kappa shape index (κ1) is 12.4. The van der Waals surface area contributed by atoms with Crippen molar-refractivity contribution in [1.82, 2.24) is 5.32 Å². The van der Waals surface area contributed by atoms with Gasteiger partial charge in [-0.1, -0.05) is 12.1 Å². The van der Waals surface area contributed by atoms with Crippen LogP contribution in [-0.2, 0) is 16.0 Å². The summed E-state index contributed by atoms with van der Waals surface area (Å²) >= 11 is 0. The van der Waals surface area contributed by atoms with Gasteiger partial charge in [0, 0.05) is 26.3 Å². The smallest absolute Gasteiger partial charge is 0.220 e. The van der Waals surface area contributed by atoms with Gasteiger partial charge in [0.1, 0.15) is 11.6 Å². The molecule has 86 valence electrons. The van der Waals surface area contributed by atoms with Crippen LogP contribution < -0.4 is 5.32 Å². The van der Waals surface area contributed by atoms with Crippen LogP contribution in [0.5, 0.6) is 0 Å². The first-order valence-corrected chi connectivity index (χ1v) is 5.08. The molecular formula is C12H14FNO2. The fraction of sp³-hybridized carbons (Fsp3) is 0.333. The number of carbonyl (C=O) groups is 2. The molecule has 16 heavy (non-hydrogen) atoms.